The van der Waals surface area contributed by atoms with E-state index in [1.165, 1.54) is 17.7 Å². The van der Waals surface area contributed by atoms with E-state index in [-0.39, 0.29) is 23.6 Å². The molecule has 2 aliphatic rings. The van der Waals surface area contributed by atoms with Crippen LogP contribution in [0.25, 0.3) is 11.3 Å². The van der Waals surface area contributed by atoms with Crippen LogP contribution in [0.1, 0.15) is 23.5 Å². The molecule has 134 valence electrons. The zero-order valence-corrected chi connectivity index (χ0v) is 14.8. The Morgan fingerprint density at radius 1 is 1.04 bits per heavy atom. The molecule has 0 bridgehead atoms. The molecule has 0 N–H and O–H groups in total. The molecule has 1 aliphatic carbocycles. The predicted octanol–water partition coefficient (Wildman–Crippen LogP) is 4.58. The Labute approximate surface area is 157 Å². The highest BCUT2D eigenvalue weighted by molar-refractivity contribution is 5.99. The number of benzene rings is 2. The van der Waals surface area contributed by atoms with Crippen LogP contribution in [0.4, 0.5) is 10.1 Å². The van der Waals surface area contributed by atoms with E-state index in [0.717, 1.165) is 41.9 Å². The van der Waals surface area contributed by atoms with Crippen LogP contribution < -0.4 is 4.90 Å². The fourth-order valence-corrected chi connectivity index (χ4v) is 4.02. The van der Waals surface area contributed by atoms with Crippen LogP contribution in [0.15, 0.2) is 66.9 Å². The Kier molecular flexibility index (Phi) is 3.78. The number of para-hydroxylation sites is 1. The van der Waals surface area contributed by atoms with Gasteiger partial charge in [0, 0.05) is 29.9 Å². The molecule has 3 nitrogen and oxygen atoms in total. The number of fused-ring (bicyclic) bond motifs is 1. The van der Waals surface area contributed by atoms with Crippen LogP contribution in [-0.2, 0) is 11.2 Å². The van der Waals surface area contributed by atoms with Gasteiger partial charge in [-0.2, -0.15) is 0 Å². The number of rotatable bonds is 3. The summed E-state index contributed by atoms with van der Waals surface area (Å²) < 4.78 is 13.1. The Balaban J connectivity index is 1.30. The van der Waals surface area contributed by atoms with Gasteiger partial charge in [0.05, 0.1) is 5.69 Å². The van der Waals surface area contributed by atoms with Gasteiger partial charge in [0.2, 0.25) is 5.91 Å². The number of amides is 1. The predicted molar refractivity (Wildman–Crippen MR) is 103 cm³/mol. The van der Waals surface area contributed by atoms with Crippen molar-refractivity contribution in [2.45, 2.75) is 18.8 Å². The number of anilines is 1. The largest absolute Gasteiger partial charge is 0.312 e. The van der Waals surface area contributed by atoms with Crippen molar-refractivity contribution < 1.29 is 9.18 Å². The minimum atomic E-state index is -0.252. The van der Waals surface area contributed by atoms with Crippen molar-refractivity contribution in [2.24, 2.45) is 5.92 Å². The van der Waals surface area contributed by atoms with Crippen molar-refractivity contribution in [3.63, 3.8) is 0 Å². The maximum Gasteiger partial charge on any atom is 0.230 e. The molecular formula is C23H19FN2O. The average molecular weight is 358 g/mol. The summed E-state index contributed by atoms with van der Waals surface area (Å²) in [6, 6.07) is 18.5. The van der Waals surface area contributed by atoms with E-state index in [1.54, 1.807) is 12.1 Å². The van der Waals surface area contributed by atoms with Gasteiger partial charge in [0.25, 0.3) is 0 Å². The van der Waals surface area contributed by atoms with E-state index in [1.807, 2.05) is 41.4 Å². The number of carbonyl (C=O) groups excluding carboxylic acids is 1. The van der Waals surface area contributed by atoms with Crippen molar-refractivity contribution in [3.8, 4) is 11.3 Å². The van der Waals surface area contributed by atoms with Gasteiger partial charge in [0.1, 0.15) is 5.82 Å². The van der Waals surface area contributed by atoms with Crippen LogP contribution in [0.3, 0.4) is 0 Å². The molecule has 27 heavy (non-hydrogen) atoms. The van der Waals surface area contributed by atoms with Crippen LogP contribution in [0.5, 0.6) is 0 Å². The van der Waals surface area contributed by atoms with Gasteiger partial charge in [-0.15, -0.1) is 0 Å². The normalized spacial score (nSPS) is 20.4. The van der Waals surface area contributed by atoms with Crippen molar-refractivity contribution >= 4 is 11.6 Å². The minimum Gasteiger partial charge on any atom is -0.312 e. The van der Waals surface area contributed by atoms with Crippen LogP contribution in [-0.4, -0.2) is 17.4 Å². The van der Waals surface area contributed by atoms with E-state index in [9.17, 15) is 9.18 Å². The van der Waals surface area contributed by atoms with Crippen LogP contribution in [0.2, 0.25) is 0 Å². The van der Waals surface area contributed by atoms with E-state index >= 15 is 0 Å². The third-order valence-electron chi connectivity index (χ3n) is 5.62. The monoisotopic (exact) mass is 358 g/mol. The standard InChI is InChI=1S/C23H19FN2O/c24-18-8-5-15(6-9-18)21-10-7-17(14-25-21)19-13-20(19)23(27)26-12-11-16-3-1-2-4-22(16)26/h1-10,14,19-20H,11-13H2. The molecular weight excluding hydrogens is 339 g/mol. The van der Waals surface area contributed by atoms with Crippen molar-refractivity contribution in [2.75, 3.05) is 11.4 Å². The van der Waals surface area contributed by atoms with E-state index in [2.05, 4.69) is 11.1 Å². The zero-order valence-electron chi connectivity index (χ0n) is 14.8. The lowest BCUT2D eigenvalue weighted by atomic mass is 10.1. The van der Waals surface area contributed by atoms with Gasteiger partial charge in [-0.3, -0.25) is 9.78 Å². The number of hydrogen-bond donors (Lipinski definition) is 0. The molecule has 1 aromatic heterocycles. The molecule has 1 saturated carbocycles. The fraction of sp³-hybridized carbons (Fsp3) is 0.217. The molecule has 2 aromatic carbocycles. The molecule has 0 saturated heterocycles. The molecule has 1 amide bonds. The number of halogens is 1. The highest BCUT2D eigenvalue weighted by Gasteiger charge is 2.47. The average Bonchev–Trinajstić information content (AvgIpc) is 3.40. The third kappa shape index (κ3) is 2.91. The zero-order chi connectivity index (χ0) is 18.4. The second-order valence-electron chi connectivity index (χ2n) is 7.30. The van der Waals surface area contributed by atoms with Gasteiger partial charge < -0.3 is 4.90 Å². The van der Waals surface area contributed by atoms with Gasteiger partial charge >= 0.3 is 0 Å². The Morgan fingerprint density at radius 3 is 2.63 bits per heavy atom. The van der Waals surface area contributed by atoms with Gasteiger partial charge in [-0.25, -0.2) is 4.39 Å². The lowest BCUT2D eigenvalue weighted by molar-refractivity contribution is -0.119. The number of hydrogen-bond acceptors (Lipinski definition) is 2. The minimum absolute atomic E-state index is 0.0506. The highest BCUT2D eigenvalue weighted by Crippen LogP contribution is 2.49. The molecule has 2 unspecified atom stereocenters. The highest BCUT2D eigenvalue weighted by atomic mass is 19.1. The number of carbonyl (C=O) groups is 1. The van der Waals surface area contributed by atoms with Crippen molar-refractivity contribution in [1.29, 1.82) is 0 Å². The van der Waals surface area contributed by atoms with Gasteiger partial charge in [-0.1, -0.05) is 24.3 Å². The molecule has 1 fully saturated rings. The van der Waals surface area contributed by atoms with Gasteiger partial charge in [0.15, 0.2) is 0 Å². The summed E-state index contributed by atoms with van der Waals surface area (Å²) in [6.45, 7) is 0.781. The summed E-state index contributed by atoms with van der Waals surface area (Å²) in [5.74, 6) is 0.278. The smallest absolute Gasteiger partial charge is 0.230 e. The Morgan fingerprint density at radius 2 is 1.85 bits per heavy atom. The van der Waals surface area contributed by atoms with E-state index in [0.29, 0.717) is 0 Å². The molecule has 2 atom stereocenters. The quantitative estimate of drug-likeness (QED) is 0.687. The molecule has 3 aromatic rings. The second kappa shape index (κ2) is 6.31. The molecule has 5 rings (SSSR count). The molecule has 0 spiro atoms. The summed E-state index contributed by atoms with van der Waals surface area (Å²) >= 11 is 0. The summed E-state index contributed by atoms with van der Waals surface area (Å²) in [7, 11) is 0. The first-order valence-corrected chi connectivity index (χ1v) is 9.32. The van der Waals surface area contributed by atoms with E-state index < -0.39 is 0 Å². The summed E-state index contributed by atoms with van der Waals surface area (Å²) in [4.78, 5) is 19.4. The van der Waals surface area contributed by atoms with Crippen molar-refractivity contribution in [3.05, 3.63) is 83.8 Å². The first-order chi connectivity index (χ1) is 13.2. The molecule has 4 heteroatoms. The lowest BCUT2D eigenvalue weighted by Crippen LogP contribution is -2.30. The van der Waals surface area contributed by atoms with Crippen LogP contribution >= 0.6 is 0 Å². The molecule has 1 aliphatic heterocycles. The number of pyridine rings is 1. The first-order valence-electron chi connectivity index (χ1n) is 9.32. The Bertz CT molecular complexity index is 998. The summed E-state index contributed by atoms with van der Waals surface area (Å²) in [5, 5.41) is 0. The molecule has 2 heterocycles. The maximum absolute atomic E-state index is 13.1. The number of nitrogens with zero attached hydrogens (tertiary/aromatic N) is 2. The van der Waals surface area contributed by atoms with Crippen molar-refractivity contribution in [1.82, 2.24) is 4.98 Å². The third-order valence-corrected chi connectivity index (χ3v) is 5.62. The number of aromatic nitrogens is 1. The van der Waals surface area contributed by atoms with Gasteiger partial charge in [-0.05, 0) is 66.3 Å². The Hall–Kier alpha value is -3.01. The van der Waals surface area contributed by atoms with E-state index in [4.69, 9.17) is 0 Å². The SMILES string of the molecule is O=C(C1CC1c1ccc(-c2ccc(F)cc2)nc1)N1CCc2ccccc21. The topological polar surface area (TPSA) is 33.2 Å². The van der Waals surface area contributed by atoms with Crippen LogP contribution in [0, 0.1) is 11.7 Å². The summed E-state index contributed by atoms with van der Waals surface area (Å²) in [6.07, 6.45) is 3.68. The molecule has 0 radical (unpaired) electrons. The first kappa shape index (κ1) is 16.2. The summed E-state index contributed by atoms with van der Waals surface area (Å²) in [5.41, 5.74) is 5.13. The fourth-order valence-electron chi connectivity index (χ4n) is 4.02. The lowest BCUT2D eigenvalue weighted by Gasteiger charge is -2.17. The second-order valence-corrected chi connectivity index (χ2v) is 7.30. The maximum atomic E-state index is 13.1.